The van der Waals surface area contributed by atoms with Crippen LogP contribution in [0, 0.1) is 11.8 Å². The van der Waals surface area contributed by atoms with Crippen LogP contribution in [0.5, 0.6) is 0 Å². The third-order valence-corrected chi connectivity index (χ3v) is 2.86. The van der Waals surface area contributed by atoms with E-state index in [-0.39, 0.29) is 11.2 Å². The van der Waals surface area contributed by atoms with Crippen molar-refractivity contribution >= 4 is 0 Å². The second-order valence-corrected chi connectivity index (χ2v) is 4.59. The molecule has 0 aromatic heterocycles. The Kier molecular flexibility index (Phi) is 3.91. The number of unbranched alkanes of at least 4 members (excludes halogenated alkanes) is 1. The molecular formula is C13H20F. The Labute approximate surface area is 86.9 Å². The Morgan fingerprint density at radius 3 is 2.71 bits per heavy atom. The lowest BCUT2D eigenvalue weighted by Gasteiger charge is -2.28. The van der Waals surface area contributed by atoms with Gasteiger partial charge in [-0.25, -0.2) is 4.39 Å². The Bertz CT molecular complexity index is 246. The van der Waals surface area contributed by atoms with Crippen molar-refractivity contribution < 1.29 is 4.39 Å². The lowest BCUT2D eigenvalue weighted by atomic mass is 9.77. The van der Waals surface area contributed by atoms with Gasteiger partial charge in [0.25, 0.3) is 0 Å². The average Bonchev–Trinajstić information content (AvgIpc) is 2.15. The molecule has 0 heterocycles. The fourth-order valence-electron chi connectivity index (χ4n) is 1.90. The molecule has 0 amide bonds. The van der Waals surface area contributed by atoms with Crippen LogP contribution in [0.25, 0.3) is 0 Å². The number of hydrogen-bond donors (Lipinski definition) is 0. The molecule has 1 aliphatic carbocycles. The molecule has 1 radical (unpaired) electrons. The van der Waals surface area contributed by atoms with Gasteiger partial charge in [0.05, 0.1) is 0 Å². The second-order valence-electron chi connectivity index (χ2n) is 4.59. The van der Waals surface area contributed by atoms with Crippen molar-refractivity contribution in [2.24, 2.45) is 5.41 Å². The highest BCUT2D eigenvalue weighted by atomic mass is 19.1. The first-order chi connectivity index (χ1) is 6.58. The normalized spacial score (nSPS) is 17.7. The van der Waals surface area contributed by atoms with Crippen LogP contribution >= 0.6 is 0 Å². The summed E-state index contributed by atoms with van der Waals surface area (Å²) in [6.07, 6.45) is 9.77. The summed E-state index contributed by atoms with van der Waals surface area (Å²) in [5.41, 5.74) is 0.888. The molecule has 0 saturated heterocycles. The van der Waals surface area contributed by atoms with E-state index in [1.165, 1.54) is 12.8 Å². The average molecular weight is 195 g/mol. The van der Waals surface area contributed by atoms with Gasteiger partial charge >= 0.3 is 0 Å². The Hall–Kier alpha value is -0.590. The molecule has 1 heteroatoms. The topological polar surface area (TPSA) is 0 Å². The summed E-state index contributed by atoms with van der Waals surface area (Å²) in [4.78, 5) is 0. The second kappa shape index (κ2) is 4.77. The maximum atomic E-state index is 13.5. The molecule has 0 nitrogen and oxygen atoms in total. The summed E-state index contributed by atoms with van der Waals surface area (Å²) in [6.45, 7) is 6.44. The third-order valence-electron chi connectivity index (χ3n) is 2.86. The van der Waals surface area contributed by atoms with Gasteiger partial charge in [-0.1, -0.05) is 39.7 Å². The molecule has 0 saturated carbocycles. The SMILES string of the molecule is CCCCC(C)(C)C1=CC[CH]C=C1F. The van der Waals surface area contributed by atoms with Crippen LogP contribution < -0.4 is 0 Å². The minimum absolute atomic E-state index is 0.00907. The summed E-state index contributed by atoms with van der Waals surface area (Å²) in [6, 6.07) is 0. The molecule has 0 bridgehead atoms. The third kappa shape index (κ3) is 2.70. The van der Waals surface area contributed by atoms with Crippen molar-refractivity contribution in [2.75, 3.05) is 0 Å². The predicted molar refractivity (Wildman–Crippen MR) is 59.5 cm³/mol. The minimum atomic E-state index is -0.0441. The number of hydrogen-bond acceptors (Lipinski definition) is 0. The summed E-state index contributed by atoms with van der Waals surface area (Å²) < 4.78 is 13.5. The first-order valence-corrected chi connectivity index (χ1v) is 5.48. The van der Waals surface area contributed by atoms with Gasteiger partial charge in [0.1, 0.15) is 5.83 Å². The summed E-state index contributed by atoms with van der Waals surface area (Å²) >= 11 is 0. The molecule has 0 fully saturated rings. The van der Waals surface area contributed by atoms with Crippen LogP contribution in [0.3, 0.4) is 0 Å². The van der Waals surface area contributed by atoms with Gasteiger partial charge in [-0.05, 0) is 36.3 Å². The van der Waals surface area contributed by atoms with Crippen molar-refractivity contribution in [3.8, 4) is 0 Å². The molecule has 0 aromatic rings. The molecule has 1 rings (SSSR count). The zero-order valence-electron chi connectivity index (χ0n) is 9.44. The van der Waals surface area contributed by atoms with Crippen molar-refractivity contribution in [3.05, 3.63) is 30.0 Å². The summed E-state index contributed by atoms with van der Waals surface area (Å²) in [7, 11) is 0. The van der Waals surface area contributed by atoms with Gasteiger partial charge < -0.3 is 0 Å². The molecule has 0 N–H and O–H groups in total. The Balaban J connectivity index is 2.70. The fourth-order valence-corrected chi connectivity index (χ4v) is 1.90. The summed E-state index contributed by atoms with van der Waals surface area (Å²) in [5, 5.41) is 0. The molecule has 79 valence electrons. The fraction of sp³-hybridized carbons (Fsp3) is 0.615. The standard InChI is InChI=1S/C13H20F/c1-4-5-10-13(2,3)11-8-6-7-9-12(11)14/h7-9H,4-6,10H2,1-3H3. The van der Waals surface area contributed by atoms with E-state index in [1.807, 2.05) is 12.5 Å². The van der Waals surface area contributed by atoms with E-state index < -0.39 is 0 Å². The number of allylic oxidation sites excluding steroid dienone is 4. The lowest BCUT2D eigenvalue weighted by molar-refractivity contribution is 0.378. The lowest BCUT2D eigenvalue weighted by Crippen LogP contribution is -2.16. The van der Waals surface area contributed by atoms with E-state index in [0.29, 0.717) is 0 Å². The first-order valence-electron chi connectivity index (χ1n) is 5.48. The van der Waals surface area contributed by atoms with Crippen LogP contribution in [0.2, 0.25) is 0 Å². The van der Waals surface area contributed by atoms with Crippen LogP contribution in [-0.2, 0) is 0 Å². The van der Waals surface area contributed by atoms with Gasteiger partial charge in [-0.2, -0.15) is 0 Å². The smallest absolute Gasteiger partial charge is 0.122 e. The number of halogens is 1. The van der Waals surface area contributed by atoms with Gasteiger partial charge in [0, 0.05) is 0 Å². The molecule has 14 heavy (non-hydrogen) atoms. The molecule has 1 aliphatic rings. The highest BCUT2D eigenvalue weighted by Gasteiger charge is 2.26. The van der Waals surface area contributed by atoms with E-state index in [0.717, 1.165) is 18.4 Å². The molecule has 0 unspecified atom stereocenters. The molecule has 0 aliphatic heterocycles. The van der Waals surface area contributed by atoms with Crippen molar-refractivity contribution in [3.63, 3.8) is 0 Å². The number of rotatable bonds is 4. The van der Waals surface area contributed by atoms with Crippen LogP contribution in [0.4, 0.5) is 4.39 Å². The van der Waals surface area contributed by atoms with E-state index >= 15 is 0 Å². The molecular weight excluding hydrogens is 175 g/mol. The maximum Gasteiger partial charge on any atom is 0.122 e. The minimum Gasteiger partial charge on any atom is -0.207 e. The van der Waals surface area contributed by atoms with Crippen LogP contribution in [0.1, 0.15) is 46.5 Å². The first kappa shape index (κ1) is 11.5. The Morgan fingerprint density at radius 2 is 2.14 bits per heavy atom. The highest BCUT2D eigenvalue weighted by Crippen LogP contribution is 2.39. The zero-order valence-corrected chi connectivity index (χ0v) is 9.44. The molecule has 0 spiro atoms. The molecule has 0 aromatic carbocycles. The largest absolute Gasteiger partial charge is 0.207 e. The highest BCUT2D eigenvalue weighted by molar-refractivity contribution is 5.36. The van der Waals surface area contributed by atoms with Gasteiger partial charge in [0.2, 0.25) is 0 Å². The van der Waals surface area contributed by atoms with E-state index in [1.54, 1.807) is 6.08 Å². The van der Waals surface area contributed by atoms with Crippen LogP contribution in [0.15, 0.2) is 23.6 Å². The van der Waals surface area contributed by atoms with Crippen molar-refractivity contribution in [1.82, 2.24) is 0 Å². The zero-order chi connectivity index (χ0) is 10.6. The van der Waals surface area contributed by atoms with Gasteiger partial charge in [-0.3, -0.25) is 0 Å². The van der Waals surface area contributed by atoms with Gasteiger partial charge in [-0.15, -0.1) is 0 Å². The quantitative estimate of drug-likeness (QED) is 0.615. The Morgan fingerprint density at radius 1 is 1.43 bits per heavy atom. The maximum absolute atomic E-state index is 13.5. The van der Waals surface area contributed by atoms with E-state index in [4.69, 9.17) is 0 Å². The van der Waals surface area contributed by atoms with Gasteiger partial charge in [0.15, 0.2) is 0 Å². The van der Waals surface area contributed by atoms with E-state index in [2.05, 4.69) is 20.8 Å². The molecule has 0 atom stereocenters. The van der Waals surface area contributed by atoms with Crippen molar-refractivity contribution in [1.29, 1.82) is 0 Å². The van der Waals surface area contributed by atoms with Crippen molar-refractivity contribution in [2.45, 2.75) is 46.5 Å². The summed E-state index contributed by atoms with van der Waals surface area (Å²) in [5.74, 6) is -0.0441. The van der Waals surface area contributed by atoms with Crippen LogP contribution in [-0.4, -0.2) is 0 Å². The van der Waals surface area contributed by atoms with E-state index in [9.17, 15) is 4.39 Å². The predicted octanol–water partition coefficient (Wildman–Crippen LogP) is 4.59. The monoisotopic (exact) mass is 195 g/mol.